The Kier molecular flexibility index (Phi) is 13.0. The number of anilines is 1. The Morgan fingerprint density at radius 1 is 0.881 bits per heavy atom. The number of methoxy groups -OCH3 is 1. The molecule has 5 aliphatic heterocycles. The average molecular weight is 835 g/mol. The molecule has 0 bridgehead atoms. The lowest BCUT2D eigenvalue weighted by atomic mass is 9.57. The lowest BCUT2D eigenvalue weighted by Gasteiger charge is -2.54. The largest absolute Gasteiger partial charge is 0.453 e. The number of amides is 2. The predicted molar refractivity (Wildman–Crippen MR) is 225 cm³/mol. The number of piperidine rings is 2. The minimum Gasteiger partial charge on any atom is -0.453 e. The van der Waals surface area contributed by atoms with E-state index in [0.29, 0.717) is 23.3 Å². The molecule has 12 nitrogen and oxygen atoms in total. The lowest BCUT2D eigenvalue weighted by molar-refractivity contribution is -0.129. The number of carbonyl (C=O) groups excluding carboxylic acids is 2. The van der Waals surface area contributed by atoms with Crippen LogP contribution in [0.1, 0.15) is 56.9 Å². The van der Waals surface area contributed by atoms with Gasteiger partial charge in [0.1, 0.15) is 11.1 Å². The first-order valence-electron chi connectivity index (χ1n) is 22.0. The van der Waals surface area contributed by atoms with Gasteiger partial charge in [0, 0.05) is 88.0 Å². The van der Waals surface area contributed by atoms with Crippen molar-refractivity contribution in [1.29, 1.82) is 0 Å². The summed E-state index contributed by atoms with van der Waals surface area (Å²) in [6, 6.07) is 14.5. The Morgan fingerprint density at radius 2 is 1.59 bits per heavy atom. The minimum atomic E-state index is -3.55. The van der Waals surface area contributed by atoms with Crippen LogP contribution in [0, 0.1) is 23.6 Å². The van der Waals surface area contributed by atoms with Gasteiger partial charge in [-0.05, 0) is 125 Å². The highest BCUT2D eigenvalue weighted by atomic mass is 32.2. The summed E-state index contributed by atoms with van der Waals surface area (Å²) in [5.41, 5.74) is 1.81. The molecule has 1 unspecified atom stereocenters. The summed E-state index contributed by atoms with van der Waals surface area (Å²) in [5, 5.41) is 12.3. The second-order valence-corrected chi connectivity index (χ2v) is 20.4. The van der Waals surface area contributed by atoms with Gasteiger partial charge in [-0.2, -0.15) is 0 Å². The van der Waals surface area contributed by atoms with Gasteiger partial charge in [0.15, 0.2) is 9.84 Å². The third-order valence-electron chi connectivity index (χ3n) is 14.6. The topological polar surface area (TPSA) is 126 Å². The van der Waals surface area contributed by atoms with Gasteiger partial charge in [0.2, 0.25) is 5.91 Å². The van der Waals surface area contributed by atoms with Crippen molar-refractivity contribution in [3.8, 4) is 0 Å². The number of nitrogens with one attached hydrogen (secondary N) is 1. The molecule has 5 saturated heterocycles. The number of nitrogens with zero attached hydrogens (tertiary/aromatic N) is 5. The second-order valence-electron chi connectivity index (χ2n) is 18.1. The summed E-state index contributed by atoms with van der Waals surface area (Å²) in [7, 11) is -2.13. The van der Waals surface area contributed by atoms with Gasteiger partial charge < -0.3 is 34.8 Å². The molecule has 6 aliphatic rings. The van der Waals surface area contributed by atoms with Crippen LogP contribution in [0.3, 0.4) is 0 Å². The van der Waals surface area contributed by atoms with Crippen LogP contribution in [0.15, 0.2) is 65.6 Å². The van der Waals surface area contributed by atoms with Gasteiger partial charge in [-0.15, -0.1) is 0 Å². The molecule has 14 heteroatoms. The van der Waals surface area contributed by atoms with E-state index in [9.17, 15) is 23.1 Å². The fraction of sp³-hybridized carbons (Fsp3) is 0.644. The van der Waals surface area contributed by atoms with Crippen LogP contribution < -0.4 is 10.2 Å². The molecular weight excluding hydrogens is 772 g/mol. The number of aliphatic hydroxyl groups is 1. The molecule has 2 aromatic rings. The quantitative estimate of drug-likeness (QED) is 0.269. The number of halogens is 1. The molecule has 59 heavy (non-hydrogen) atoms. The van der Waals surface area contributed by atoms with Crippen molar-refractivity contribution >= 4 is 27.5 Å². The van der Waals surface area contributed by atoms with Gasteiger partial charge in [0.05, 0.1) is 18.1 Å². The third-order valence-corrected chi connectivity index (χ3v) is 16.7. The molecular formula is C45H63FN6O6S. The number of hydrogen-bond donors (Lipinski definition) is 2. The van der Waals surface area contributed by atoms with E-state index >= 15 is 4.39 Å². The van der Waals surface area contributed by atoms with Crippen LogP contribution in [0.4, 0.5) is 14.9 Å². The molecule has 3 atom stereocenters. The molecule has 1 aliphatic carbocycles. The zero-order chi connectivity index (χ0) is 41.1. The summed E-state index contributed by atoms with van der Waals surface area (Å²) in [6.45, 7) is 10.5. The van der Waals surface area contributed by atoms with Crippen molar-refractivity contribution in [1.82, 2.24) is 24.9 Å². The van der Waals surface area contributed by atoms with E-state index in [4.69, 9.17) is 4.74 Å². The third kappa shape index (κ3) is 9.22. The van der Waals surface area contributed by atoms with E-state index in [1.807, 2.05) is 24.3 Å². The van der Waals surface area contributed by atoms with Crippen LogP contribution in [0.25, 0.3) is 0 Å². The van der Waals surface area contributed by atoms with E-state index in [-0.39, 0.29) is 48.3 Å². The highest BCUT2D eigenvalue weighted by molar-refractivity contribution is 7.92. The summed E-state index contributed by atoms with van der Waals surface area (Å²) in [6.07, 6.45) is 10.4. The summed E-state index contributed by atoms with van der Waals surface area (Å²) < 4.78 is 46.9. The Balaban J connectivity index is 0.831. The molecule has 6 fully saturated rings. The molecule has 0 spiro atoms. The van der Waals surface area contributed by atoms with Crippen LogP contribution in [-0.4, -0.2) is 155 Å². The number of hydrogen-bond acceptors (Lipinski definition) is 10. The van der Waals surface area contributed by atoms with E-state index in [2.05, 4.69) is 31.0 Å². The van der Waals surface area contributed by atoms with Crippen molar-refractivity contribution in [2.24, 2.45) is 17.8 Å². The lowest BCUT2D eigenvalue weighted by Crippen LogP contribution is -2.60. The van der Waals surface area contributed by atoms with Crippen LogP contribution in [0.2, 0.25) is 0 Å². The predicted octanol–water partition coefficient (Wildman–Crippen LogP) is 4.14. The first-order valence-corrected chi connectivity index (χ1v) is 23.6. The number of benzene rings is 2. The SMILES string of the molecule is COC(=O)N[C@H]1CCC[C@@H]1C(CN1CCC1)(c1cccc(F)c1)C1CCN(CC2CN(c3ccc(S(=O)(=O)C4CN(C(=O)/C=C/CN5CCC(O)CC5)C4)cc3)C2)CC1. The zero-order valence-corrected chi connectivity index (χ0v) is 35.4. The number of sulfone groups is 1. The second kappa shape index (κ2) is 18.2. The summed E-state index contributed by atoms with van der Waals surface area (Å²) >= 11 is 0. The number of carbonyl (C=O) groups is 2. The zero-order valence-electron chi connectivity index (χ0n) is 34.6. The highest BCUT2D eigenvalue weighted by Gasteiger charge is 2.53. The Hall–Kier alpha value is -3.56. The maximum Gasteiger partial charge on any atom is 0.407 e. The molecule has 2 aromatic carbocycles. The Labute approximate surface area is 349 Å². The monoisotopic (exact) mass is 834 g/mol. The standard InChI is InChI=1S/C45H63FN6O6S/c1-58-44(55)47-42-9-3-8-41(42)45(32-50-20-5-21-50,35-6-2-7-36(46)26-35)34-15-22-49(23-16-34)27-33-28-51(29-33)37-11-13-39(14-12-37)59(56,57)40-30-52(31-40)43(54)10-4-19-48-24-17-38(53)18-25-48/h2,4,6-7,10-14,26,33-34,38,40-42,53H,3,5,8-9,15-25,27-32H2,1H3,(H,47,55)/b10-4+/t41-,42-,45?/m0/s1. The normalized spacial score (nSPS) is 25.7. The van der Waals surface area contributed by atoms with Gasteiger partial charge in [-0.3, -0.25) is 9.69 Å². The fourth-order valence-electron chi connectivity index (χ4n) is 11.0. The maximum absolute atomic E-state index is 15.0. The van der Waals surface area contributed by atoms with E-state index in [1.165, 1.54) is 19.6 Å². The number of aliphatic hydroxyl groups excluding tert-OH is 1. The van der Waals surface area contributed by atoms with Crippen molar-refractivity contribution < 1.29 is 32.2 Å². The highest BCUT2D eigenvalue weighted by Crippen LogP contribution is 2.51. The fourth-order valence-corrected chi connectivity index (χ4v) is 12.6. The number of ether oxygens (including phenoxy) is 1. The number of alkyl carbamates (subject to hydrolysis) is 1. The molecule has 0 radical (unpaired) electrons. The van der Waals surface area contributed by atoms with Crippen LogP contribution in [-0.2, 0) is 24.8 Å². The average Bonchev–Trinajstić information content (AvgIpc) is 3.64. The molecule has 0 aromatic heterocycles. The first kappa shape index (κ1) is 42.1. The van der Waals surface area contributed by atoms with Crippen molar-refractivity contribution in [3.05, 3.63) is 72.1 Å². The van der Waals surface area contributed by atoms with E-state index in [0.717, 1.165) is 122 Å². The van der Waals surface area contributed by atoms with Crippen molar-refractivity contribution in [2.45, 2.75) is 79.1 Å². The molecule has 5 heterocycles. The number of likely N-dealkylation sites (tertiary alicyclic amines) is 4. The smallest absolute Gasteiger partial charge is 0.407 e. The van der Waals surface area contributed by atoms with Gasteiger partial charge in [-0.25, -0.2) is 17.6 Å². The van der Waals surface area contributed by atoms with Crippen LogP contribution in [0.5, 0.6) is 0 Å². The number of rotatable bonds is 14. The molecule has 8 rings (SSSR count). The van der Waals surface area contributed by atoms with Gasteiger partial charge in [0.25, 0.3) is 0 Å². The minimum absolute atomic E-state index is 0.0140. The molecule has 2 amide bonds. The van der Waals surface area contributed by atoms with Gasteiger partial charge in [-0.1, -0.05) is 24.6 Å². The summed E-state index contributed by atoms with van der Waals surface area (Å²) in [4.78, 5) is 36.7. The van der Waals surface area contributed by atoms with E-state index in [1.54, 1.807) is 29.2 Å². The molecule has 1 saturated carbocycles. The van der Waals surface area contributed by atoms with Crippen LogP contribution >= 0.6 is 0 Å². The summed E-state index contributed by atoms with van der Waals surface area (Å²) in [5.74, 6) is 0.698. The van der Waals surface area contributed by atoms with E-state index < -0.39 is 21.2 Å². The molecule has 322 valence electrons. The Bertz CT molecular complexity index is 1900. The Morgan fingerprint density at radius 3 is 2.25 bits per heavy atom. The van der Waals surface area contributed by atoms with Crippen molar-refractivity contribution in [3.63, 3.8) is 0 Å². The maximum atomic E-state index is 15.0. The first-order chi connectivity index (χ1) is 28.5. The van der Waals surface area contributed by atoms with Gasteiger partial charge >= 0.3 is 6.09 Å². The molecule has 2 N–H and O–H groups in total. The van der Waals surface area contributed by atoms with Crippen molar-refractivity contribution in [2.75, 3.05) is 97.1 Å².